The Bertz CT molecular complexity index is 1290. The summed E-state index contributed by atoms with van der Waals surface area (Å²) in [7, 11) is -2.63. The quantitative estimate of drug-likeness (QED) is 0.338. The molecule has 2 aromatic rings. The van der Waals surface area contributed by atoms with Crippen molar-refractivity contribution in [3.8, 4) is 0 Å². The van der Waals surface area contributed by atoms with Crippen LogP contribution in [0.3, 0.4) is 0 Å². The number of nitrogens with two attached hydrogens (primary N) is 1. The Hall–Kier alpha value is -0.597. The number of aromatic nitrogens is 3. The van der Waals surface area contributed by atoms with Crippen molar-refractivity contribution in [2.75, 3.05) is 5.73 Å². The molecular weight excluding hydrogens is 483 g/mol. The van der Waals surface area contributed by atoms with Crippen LogP contribution in [0.25, 0.3) is 11.0 Å². The van der Waals surface area contributed by atoms with Crippen molar-refractivity contribution < 1.29 is 18.5 Å². The van der Waals surface area contributed by atoms with E-state index in [-0.39, 0.29) is 40.9 Å². The van der Waals surface area contributed by atoms with Gasteiger partial charge < -0.3 is 10.4 Å². The number of rotatable bonds is 0. The molecule has 0 aliphatic carbocycles. The average Bonchev–Trinajstić information content (AvgIpc) is 3.61. The van der Waals surface area contributed by atoms with Crippen molar-refractivity contribution in [3.63, 3.8) is 0 Å². The zero-order chi connectivity index (χ0) is 17.5. The summed E-state index contributed by atoms with van der Waals surface area (Å²) in [6, 6.07) is 6.31. The number of fused-ring (bicyclic) bond motifs is 11. The number of nitrogens with zero attached hydrogens (tertiary/aromatic N) is 3. The molecule has 10 fully saturated rings. The molecule has 10 aliphatic heterocycles. The van der Waals surface area contributed by atoms with E-state index in [9.17, 15) is 10.4 Å². The molecular formula is C19H23N4O2SnTi. The molecule has 0 atom stereocenters. The molecule has 3 radical (unpaired) electrons. The summed E-state index contributed by atoms with van der Waals surface area (Å²) in [4.78, 5) is 0.332. The molecule has 1 aromatic carbocycles. The van der Waals surface area contributed by atoms with Gasteiger partial charge in [-0.3, -0.25) is 5.73 Å². The normalized spacial score (nSPS) is 74.9. The van der Waals surface area contributed by atoms with Gasteiger partial charge in [0, 0.05) is 10.9 Å². The van der Waals surface area contributed by atoms with E-state index in [0.29, 0.717) is 9.58 Å². The molecule has 1 spiro atoms. The zero-order valence-electron chi connectivity index (χ0n) is 15.2. The fourth-order valence-corrected chi connectivity index (χ4v) is 144. The van der Waals surface area contributed by atoms with Crippen LogP contribution in [0.5, 0.6) is 0 Å². The summed E-state index contributed by atoms with van der Waals surface area (Å²) in [5.41, 5.74) is 5.62. The molecule has 27 heavy (non-hydrogen) atoms. The third kappa shape index (κ3) is 0.271. The minimum absolute atomic E-state index is 0. The molecule has 1 aromatic heterocycles. The van der Waals surface area contributed by atoms with E-state index in [1.165, 1.54) is 12.1 Å². The fourth-order valence-electron chi connectivity index (χ4n) is 24.3. The molecule has 12 rings (SSSR count). The van der Waals surface area contributed by atoms with Crippen molar-refractivity contribution in [1.82, 2.24) is 5.10 Å². The van der Waals surface area contributed by atoms with Crippen LogP contribution >= 0.6 is 0 Å². The Morgan fingerprint density at radius 2 is 1.22 bits per heavy atom. The molecule has 0 amide bonds. The molecule has 2 N–H and O–H groups in total. The fraction of sp³-hybridized carbons (Fsp3) is 0.579. The van der Waals surface area contributed by atoms with Gasteiger partial charge in [-0.15, -0.1) is 0 Å². The van der Waals surface area contributed by atoms with Crippen LogP contribution in [0, 0.1) is 17.3 Å². The van der Waals surface area contributed by atoms with Gasteiger partial charge in [0.15, 0.2) is 5.52 Å². The number of para-hydroxylation sites is 2. The van der Waals surface area contributed by atoms with Crippen LogP contribution in [-0.4, -0.2) is 29.0 Å². The molecule has 0 unspecified atom stereocenters. The molecule has 8 heteroatoms. The SMILES string of the molecule is Nc1n[n+]([O-])c2ccccc2[n+]1[O-].[CH2]C.[CH]12[CH]3[CH]4[CH]5[CH]1[Ti]23451678[CH]2[CH]1[CH]6[CH]7[CH]28.[SnH2]. The minimum atomic E-state index is -2.63. The van der Waals surface area contributed by atoms with Crippen LogP contribution in [0.15, 0.2) is 24.3 Å². The maximum atomic E-state index is 11.3. The van der Waals surface area contributed by atoms with Gasteiger partial charge in [0.2, 0.25) is 5.10 Å². The topological polar surface area (TPSA) is 92.8 Å². The van der Waals surface area contributed by atoms with Gasteiger partial charge in [-0.1, -0.05) is 26.0 Å². The first-order valence-corrected chi connectivity index (χ1v) is 19.5. The molecule has 10 aliphatic rings. The van der Waals surface area contributed by atoms with Crippen molar-refractivity contribution >= 4 is 40.9 Å². The van der Waals surface area contributed by atoms with E-state index >= 15 is 0 Å². The molecule has 10 saturated heterocycles. The summed E-state index contributed by atoms with van der Waals surface area (Å²) in [5, 5.41) is 25.7. The van der Waals surface area contributed by atoms with Gasteiger partial charge in [-0.2, -0.15) is 0 Å². The molecule has 0 saturated carbocycles. The van der Waals surface area contributed by atoms with E-state index in [2.05, 4.69) is 12.0 Å². The standard InChI is InChI=1S/C7H6N4O2.2C5H5.C2H5.Sn.Ti.2H/c8-7-9-11(13)6-4-2-1-3-5(6)10(7)12;2*1-2-4-5-3-1;1-2;;;;/h1-4H,(H2,8,9);2*1-5H;1H2,2H3;;;;. The molecule has 11 heterocycles. The van der Waals surface area contributed by atoms with E-state index in [4.69, 9.17) is 5.73 Å². The predicted molar refractivity (Wildman–Crippen MR) is 101 cm³/mol. The Morgan fingerprint density at radius 1 is 0.852 bits per heavy atom. The molecule has 139 valence electrons. The van der Waals surface area contributed by atoms with Gasteiger partial charge in [0.1, 0.15) is 0 Å². The van der Waals surface area contributed by atoms with Crippen molar-refractivity contribution in [3.05, 3.63) is 41.6 Å². The number of benzene rings is 1. The third-order valence-corrected chi connectivity index (χ3v) is 81.1. The van der Waals surface area contributed by atoms with Gasteiger partial charge >= 0.3 is 81.0 Å². The number of anilines is 1. The van der Waals surface area contributed by atoms with Crippen LogP contribution in [0.1, 0.15) is 6.92 Å². The average molecular weight is 506 g/mol. The second-order valence-electron chi connectivity index (χ2n) is 15.3. The Kier molecular flexibility index (Phi) is 0.905. The maximum absolute atomic E-state index is 11.3. The van der Waals surface area contributed by atoms with Crippen LogP contribution in [0.4, 0.5) is 5.95 Å². The summed E-state index contributed by atoms with van der Waals surface area (Å²) in [5.74, 6) is -0.353. The monoisotopic (exact) mass is 507 g/mol. The summed E-state index contributed by atoms with van der Waals surface area (Å²) >= 11 is 0. The summed E-state index contributed by atoms with van der Waals surface area (Å²) in [6.07, 6.45) is 0. The van der Waals surface area contributed by atoms with E-state index < -0.39 is 8.89 Å². The van der Waals surface area contributed by atoms with Crippen LogP contribution in [-0.2, 0) is 8.89 Å². The molecule has 6 nitrogen and oxygen atoms in total. The van der Waals surface area contributed by atoms with Gasteiger partial charge in [0.25, 0.3) is 5.52 Å². The van der Waals surface area contributed by atoms with Gasteiger partial charge in [0.05, 0.1) is 0 Å². The van der Waals surface area contributed by atoms with E-state index in [1.807, 2.05) is 0 Å². The number of hydrogen-bond donors (Lipinski definition) is 1. The van der Waals surface area contributed by atoms with Gasteiger partial charge in [-0.05, 0) is 6.07 Å². The van der Waals surface area contributed by atoms with Crippen molar-refractivity contribution in [2.24, 2.45) is 0 Å². The van der Waals surface area contributed by atoms with E-state index in [0.717, 1.165) is 0 Å². The first-order chi connectivity index (χ1) is 12.4. The second-order valence-corrected chi connectivity index (χ2v) is 49.1. The number of nitrogen functional groups attached to an aromatic ring is 1. The Balaban J connectivity index is 0.0000000801. The van der Waals surface area contributed by atoms with Crippen molar-refractivity contribution in [2.45, 2.75) is 49.1 Å². The van der Waals surface area contributed by atoms with Crippen LogP contribution in [0.2, 0.25) is 42.2 Å². The first kappa shape index (κ1) is 14.4. The zero-order valence-corrected chi connectivity index (χ0v) is 20.8. The summed E-state index contributed by atoms with van der Waals surface area (Å²) in [6.45, 7) is 5.00. The summed E-state index contributed by atoms with van der Waals surface area (Å²) < 4.78 is 16.6. The third-order valence-electron chi connectivity index (χ3n) is 21.8. The van der Waals surface area contributed by atoms with Crippen molar-refractivity contribution in [1.29, 1.82) is 0 Å². The second kappa shape index (κ2) is 1.70. The number of hydrogen-bond acceptors (Lipinski definition) is 4. The molecule has 0 bridgehead atoms. The van der Waals surface area contributed by atoms with Crippen LogP contribution < -0.4 is 15.3 Å². The predicted octanol–water partition coefficient (Wildman–Crippen LogP) is 2.38. The van der Waals surface area contributed by atoms with E-state index in [1.54, 1.807) is 61.3 Å². The van der Waals surface area contributed by atoms with Gasteiger partial charge in [-0.25, -0.2) is 4.73 Å². The Morgan fingerprint density at radius 3 is 1.56 bits per heavy atom. The Labute approximate surface area is 160 Å². The first-order valence-electron chi connectivity index (χ1n) is 10.5.